The number of rotatable bonds is 4. The van der Waals surface area contributed by atoms with Crippen LogP contribution >= 0.6 is 0 Å². The van der Waals surface area contributed by atoms with Crippen LogP contribution in [0.2, 0.25) is 0 Å². The summed E-state index contributed by atoms with van der Waals surface area (Å²) in [5.41, 5.74) is 12.4. The zero-order valence-electron chi connectivity index (χ0n) is 26.4. The van der Waals surface area contributed by atoms with E-state index in [1.807, 2.05) is 0 Å². The molecule has 0 amide bonds. The summed E-state index contributed by atoms with van der Waals surface area (Å²) in [7, 11) is 0. The summed E-state index contributed by atoms with van der Waals surface area (Å²) in [6.07, 6.45) is 14.5. The summed E-state index contributed by atoms with van der Waals surface area (Å²) >= 11 is 0. The van der Waals surface area contributed by atoms with Crippen LogP contribution in [0.25, 0.3) is 44.7 Å². The number of nitrogens with zero attached hydrogens (tertiary/aromatic N) is 3. The number of pyridine rings is 1. The maximum Gasteiger partial charge on any atom is 0.134 e. The van der Waals surface area contributed by atoms with Crippen molar-refractivity contribution in [3.63, 3.8) is 0 Å². The van der Waals surface area contributed by atoms with E-state index < -0.39 is 0 Å². The lowest BCUT2D eigenvalue weighted by Gasteiger charge is -2.31. The van der Waals surface area contributed by atoms with Crippen LogP contribution in [-0.4, -0.2) is 15.6 Å². The molecule has 3 unspecified atom stereocenters. The fraction of sp³-hybridized carbons (Fsp3) is 0.0889. The van der Waals surface area contributed by atoms with Gasteiger partial charge in [-0.25, -0.2) is 4.98 Å². The monoisotopic (exact) mass is 615 g/mol. The molecule has 1 aliphatic heterocycles. The zero-order valence-corrected chi connectivity index (χ0v) is 26.4. The number of anilines is 2. The molecular formula is C45H33N3. The van der Waals surface area contributed by atoms with Crippen molar-refractivity contribution in [3.8, 4) is 16.8 Å². The standard InChI is InChI=1S/C45H33N3/c1-4-14-30(15-5-1)33-26-39(32-17-6-2-7-18-32)46-44(27-33)48-41-25-24-31-16-10-11-21-35(31)45(41)38-28-37-36-22-12-13-23-40(36)47(42(37)29-43(38)48)34-19-8-3-9-20-34/h1-17,19-29,32,41,45H,18H2. The lowest BCUT2D eigenvalue weighted by molar-refractivity contribution is 0.715. The molecule has 0 N–H and O–H groups in total. The second-order valence-electron chi connectivity index (χ2n) is 13.1. The van der Waals surface area contributed by atoms with Gasteiger partial charge in [-0.1, -0.05) is 127 Å². The first-order valence-electron chi connectivity index (χ1n) is 16.9. The maximum atomic E-state index is 5.51. The van der Waals surface area contributed by atoms with Crippen molar-refractivity contribution in [2.24, 2.45) is 0 Å². The molecule has 3 heteroatoms. The van der Waals surface area contributed by atoms with Crippen LogP contribution in [0.15, 0.2) is 164 Å². The quantitative estimate of drug-likeness (QED) is 0.196. The smallest absolute Gasteiger partial charge is 0.134 e. The minimum absolute atomic E-state index is 0.103. The first kappa shape index (κ1) is 27.2. The Kier molecular flexibility index (Phi) is 6.13. The van der Waals surface area contributed by atoms with Crippen molar-refractivity contribution in [3.05, 3.63) is 186 Å². The molecule has 7 aromatic rings. The van der Waals surface area contributed by atoms with Crippen molar-refractivity contribution in [2.45, 2.75) is 24.3 Å². The fourth-order valence-corrected chi connectivity index (χ4v) is 8.25. The third-order valence-corrected chi connectivity index (χ3v) is 10.4. The first-order valence-corrected chi connectivity index (χ1v) is 16.9. The Labute approximate surface area is 280 Å². The normalized spacial score (nSPS) is 19.1. The lowest BCUT2D eigenvalue weighted by atomic mass is 9.81. The molecule has 0 spiro atoms. The Morgan fingerprint density at radius 1 is 0.604 bits per heavy atom. The van der Waals surface area contributed by atoms with Gasteiger partial charge >= 0.3 is 0 Å². The minimum atomic E-state index is 0.103. The number of allylic oxidation sites excluding steroid dienone is 4. The highest BCUT2D eigenvalue weighted by molar-refractivity contribution is 6.11. The van der Waals surface area contributed by atoms with Crippen molar-refractivity contribution in [2.75, 3.05) is 4.90 Å². The molecule has 2 aromatic heterocycles. The van der Waals surface area contributed by atoms with Crippen LogP contribution in [-0.2, 0) is 0 Å². The lowest BCUT2D eigenvalue weighted by Crippen LogP contribution is -2.31. The Balaban J connectivity index is 1.26. The molecule has 0 saturated heterocycles. The molecule has 3 heterocycles. The van der Waals surface area contributed by atoms with Gasteiger partial charge in [0.05, 0.1) is 22.8 Å². The van der Waals surface area contributed by atoms with Crippen molar-refractivity contribution in [1.82, 2.24) is 9.55 Å². The Hall–Kier alpha value is -5.93. The molecule has 0 radical (unpaired) electrons. The number of hydrogen-bond acceptors (Lipinski definition) is 2. The third-order valence-electron chi connectivity index (χ3n) is 10.4. The van der Waals surface area contributed by atoms with Gasteiger partial charge in [-0.15, -0.1) is 0 Å². The van der Waals surface area contributed by atoms with Crippen LogP contribution in [0, 0.1) is 0 Å². The fourth-order valence-electron chi connectivity index (χ4n) is 8.25. The third kappa shape index (κ3) is 4.17. The molecule has 5 aromatic carbocycles. The Bertz CT molecular complexity index is 2450. The van der Waals surface area contributed by atoms with E-state index in [1.165, 1.54) is 61.0 Å². The number of para-hydroxylation sites is 2. The number of hydrogen-bond donors (Lipinski definition) is 0. The highest BCUT2D eigenvalue weighted by atomic mass is 15.2. The van der Waals surface area contributed by atoms with Crippen molar-refractivity contribution < 1.29 is 0 Å². The van der Waals surface area contributed by atoms with Crippen molar-refractivity contribution >= 4 is 39.4 Å². The van der Waals surface area contributed by atoms with E-state index in [-0.39, 0.29) is 17.9 Å². The molecule has 3 aliphatic rings. The van der Waals surface area contributed by atoms with E-state index >= 15 is 0 Å². The molecule has 228 valence electrons. The predicted octanol–water partition coefficient (Wildman–Crippen LogP) is 11.1. The van der Waals surface area contributed by atoms with Crippen LogP contribution in [0.3, 0.4) is 0 Å². The van der Waals surface area contributed by atoms with E-state index in [0.717, 1.165) is 17.9 Å². The molecule has 10 rings (SSSR count). The van der Waals surface area contributed by atoms with Gasteiger partial charge in [0.1, 0.15) is 5.82 Å². The van der Waals surface area contributed by atoms with Gasteiger partial charge in [-0.2, -0.15) is 0 Å². The van der Waals surface area contributed by atoms with Gasteiger partial charge in [-0.3, -0.25) is 0 Å². The number of aromatic nitrogens is 2. The second kappa shape index (κ2) is 10.8. The second-order valence-corrected chi connectivity index (χ2v) is 13.1. The van der Waals surface area contributed by atoms with Crippen LogP contribution in [0.5, 0.6) is 0 Å². The summed E-state index contributed by atoms with van der Waals surface area (Å²) in [6.45, 7) is 0. The molecule has 48 heavy (non-hydrogen) atoms. The SMILES string of the molecule is C1=CCC(c2cc(-c3ccccc3)cc(N3c4cc5c(cc4C4c6ccccc6C=CC43)c3ccccc3n5-c3ccccc3)n2)C=C1. The average molecular weight is 616 g/mol. The largest absolute Gasteiger partial charge is 0.318 e. The molecule has 2 aliphatic carbocycles. The van der Waals surface area contributed by atoms with E-state index in [2.05, 4.69) is 179 Å². The molecule has 0 bridgehead atoms. The summed E-state index contributed by atoms with van der Waals surface area (Å²) < 4.78 is 2.42. The minimum Gasteiger partial charge on any atom is -0.318 e. The topological polar surface area (TPSA) is 21.1 Å². The summed E-state index contributed by atoms with van der Waals surface area (Å²) in [6, 6.07) is 48.9. The first-order chi connectivity index (χ1) is 23.8. The van der Waals surface area contributed by atoms with Gasteiger partial charge in [0, 0.05) is 34.0 Å². The average Bonchev–Trinajstić information content (AvgIpc) is 3.67. The van der Waals surface area contributed by atoms with Crippen LogP contribution in [0.4, 0.5) is 11.5 Å². The van der Waals surface area contributed by atoms with E-state index in [0.29, 0.717) is 0 Å². The van der Waals surface area contributed by atoms with Crippen LogP contribution < -0.4 is 4.90 Å². The van der Waals surface area contributed by atoms with Gasteiger partial charge in [0.15, 0.2) is 0 Å². The van der Waals surface area contributed by atoms with E-state index in [4.69, 9.17) is 4.98 Å². The van der Waals surface area contributed by atoms with Gasteiger partial charge in [-0.05, 0) is 76.7 Å². The predicted molar refractivity (Wildman–Crippen MR) is 199 cm³/mol. The number of benzene rings is 5. The van der Waals surface area contributed by atoms with E-state index in [9.17, 15) is 0 Å². The van der Waals surface area contributed by atoms with E-state index in [1.54, 1.807) is 0 Å². The molecule has 3 atom stereocenters. The number of fused-ring (bicyclic) bond motifs is 8. The zero-order chi connectivity index (χ0) is 31.6. The van der Waals surface area contributed by atoms with Gasteiger partial charge in [0.25, 0.3) is 0 Å². The molecular weight excluding hydrogens is 583 g/mol. The molecule has 3 nitrogen and oxygen atoms in total. The highest BCUT2D eigenvalue weighted by Gasteiger charge is 2.42. The molecule has 0 saturated carbocycles. The summed E-state index contributed by atoms with van der Waals surface area (Å²) in [5.74, 6) is 1.42. The summed E-state index contributed by atoms with van der Waals surface area (Å²) in [4.78, 5) is 8.04. The summed E-state index contributed by atoms with van der Waals surface area (Å²) in [5, 5.41) is 2.56. The van der Waals surface area contributed by atoms with Gasteiger partial charge in [0.2, 0.25) is 0 Å². The maximum absolute atomic E-state index is 5.51. The van der Waals surface area contributed by atoms with Crippen molar-refractivity contribution in [1.29, 1.82) is 0 Å². The van der Waals surface area contributed by atoms with Crippen LogP contribution in [0.1, 0.15) is 40.6 Å². The van der Waals surface area contributed by atoms with Gasteiger partial charge < -0.3 is 9.47 Å². The molecule has 0 fully saturated rings. The Morgan fingerprint density at radius 2 is 1.40 bits per heavy atom. The Morgan fingerprint density at radius 3 is 2.25 bits per heavy atom. The highest BCUT2D eigenvalue weighted by Crippen LogP contribution is 2.53.